The second kappa shape index (κ2) is 6.33. The van der Waals surface area contributed by atoms with Crippen LogP contribution in [-0.2, 0) is 4.79 Å². The van der Waals surface area contributed by atoms with Crippen molar-refractivity contribution in [2.45, 2.75) is 12.2 Å². The number of carboxylic acids is 1. The fraction of sp³-hybridized carbons (Fsp3) is 0.750. The summed E-state index contributed by atoms with van der Waals surface area (Å²) in [5, 5.41) is 32.8. The molecule has 0 fully saturated rings. The number of rotatable bonds is 3. The van der Waals surface area contributed by atoms with Crippen molar-refractivity contribution in [2.75, 3.05) is 6.61 Å². The number of aliphatic carboxylic acids is 1. The van der Waals surface area contributed by atoms with E-state index in [-0.39, 0.29) is 40.6 Å². The minimum Gasteiger partial charge on any atom is -1.00 e. The Morgan fingerprint density at radius 1 is 1.50 bits per heavy atom. The number of aliphatic hydroxyl groups is 3. The van der Waals surface area contributed by atoms with Gasteiger partial charge in [-0.05, 0) is 0 Å². The van der Waals surface area contributed by atoms with Gasteiger partial charge >= 0.3 is 43.7 Å². The SMILES string of the molecule is O=C(O)C(O)C(O)CO.[Ca+2].[H-].[H-]. The van der Waals surface area contributed by atoms with Crippen molar-refractivity contribution < 1.29 is 28.1 Å². The monoisotopic (exact) mass is 178 g/mol. The molecule has 2 atom stereocenters. The summed E-state index contributed by atoms with van der Waals surface area (Å²) in [5.41, 5.74) is 0. The van der Waals surface area contributed by atoms with Gasteiger partial charge in [0, 0.05) is 0 Å². The van der Waals surface area contributed by atoms with Crippen LogP contribution < -0.4 is 0 Å². The van der Waals surface area contributed by atoms with E-state index < -0.39 is 24.8 Å². The van der Waals surface area contributed by atoms with Gasteiger partial charge in [0.25, 0.3) is 0 Å². The second-order valence-electron chi connectivity index (χ2n) is 1.53. The van der Waals surface area contributed by atoms with Crippen LogP contribution in [0.4, 0.5) is 0 Å². The Morgan fingerprint density at radius 3 is 2.00 bits per heavy atom. The molecule has 5 nitrogen and oxygen atoms in total. The Bertz CT molecular complexity index is 114. The molecule has 0 bridgehead atoms. The molecule has 0 rings (SSSR count). The first-order valence-corrected chi connectivity index (χ1v) is 2.29. The molecule has 0 heterocycles. The van der Waals surface area contributed by atoms with E-state index in [1.54, 1.807) is 0 Å². The predicted molar refractivity (Wildman–Crippen MR) is 34.7 cm³/mol. The first-order valence-electron chi connectivity index (χ1n) is 2.29. The Balaban J connectivity index is -0.000000107. The molecule has 0 aromatic rings. The fourth-order valence-electron chi connectivity index (χ4n) is 0.264. The topological polar surface area (TPSA) is 98.0 Å². The summed E-state index contributed by atoms with van der Waals surface area (Å²) in [6.07, 6.45) is -3.49. The number of hydrogen-bond acceptors (Lipinski definition) is 4. The van der Waals surface area contributed by atoms with E-state index in [0.29, 0.717) is 0 Å². The van der Waals surface area contributed by atoms with Crippen LogP contribution in [0.25, 0.3) is 0 Å². The van der Waals surface area contributed by atoms with Crippen molar-refractivity contribution in [2.24, 2.45) is 0 Å². The standard InChI is InChI=1S/C4H8O5.Ca.2H/c5-1-2(6)3(7)4(8)9;;;/h2-3,5-7H,1H2,(H,8,9);;;/q;+2;2*-1. The van der Waals surface area contributed by atoms with E-state index in [4.69, 9.17) is 20.4 Å². The van der Waals surface area contributed by atoms with Gasteiger partial charge in [-0.2, -0.15) is 0 Å². The molecule has 0 saturated heterocycles. The van der Waals surface area contributed by atoms with Gasteiger partial charge in [0.1, 0.15) is 6.10 Å². The third-order valence-corrected chi connectivity index (χ3v) is 0.805. The maximum atomic E-state index is 9.78. The molecule has 0 aromatic heterocycles. The van der Waals surface area contributed by atoms with E-state index in [0.717, 1.165) is 0 Å². The van der Waals surface area contributed by atoms with Gasteiger partial charge in [0.05, 0.1) is 6.61 Å². The van der Waals surface area contributed by atoms with E-state index >= 15 is 0 Å². The number of carbonyl (C=O) groups is 1. The normalized spacial score (nSPS) is 15.1. The van der Waals surface area contributed by atoms with Crippen molar-refractivity contribution in [1.29, 1.82) is 0 Å². The van der Waals surface area contributed by atoms with Crippen LogP contribution in [0.1, 0.15) is 2.85 Å². The number of carboxylic acid groups (broad SMARTS) is 1. The van der Waals surface area contributed by atoms with E-state index in [9.17, 15) is 4.79 Å². The van der Waals surface area contributed by atoms with Crippen LogP contribution in [0, 0.1) is 0 Å². The molecule has 0 spiro atoms. The van der Waals surface area contributed by atoms with E-state index in [1.165, 1.54) is 0 Å². The summed E-state index contributed by atoms with van der Waals surface area (Å²) in [5.74, 6) is -1.54. The third-order valence-electron chi connectivity index (χ3n) is 0.805. The minimum absolute atomic E-state index is 0. The smallest absolute Gasteiger partial charge is 1.00 e. The van der Waals surface area contributed by atoms with Gasteiger partial charge < -0.3 is 23.3 Å². The molecular weight excluding hydrogens is 168 g/mol. The van der Waals surface area contributed by atoms with Crippen LogP contribution in [0.2, 0.25) is 0 Å². The zero-order valence-corrected chi connectivity index (χ0v) is 7.47. The molecule has 0 aliphatic carbocycles. The maximum Gasteiger partial charge on any atom is 2.00 e. The van der Waals surface area contributed by atoms with Gasteiger partial charge in [-0.15, -0.1) is 0 Å². The van der Waals surface area contributed by atoms with Gasteiger partial charge in [0.15, 0.2) is 6.10 Å². The largest absolute Gasteiger partial charge is 2.00 e. The quantitative estimate of drug-likeness (QED) is 0.362. The maximum absolute atomic E-state index is 9.78. The average Bonchev–Trinajstić information content (AvgIpc) is 1.84. The van der Waals surface area contributed by atoms with E-state index in [1.807, 2.05) is 0 Å². The second-order valence-corrected chi connectivity index (χ2v) is 1.53. The molecule has 0 aromatic carbocycles. The molecule has 10 heavy (non-hydrogen) atoms. The Kier molecular flexibility index (Phi) is 8.36. The number of hydrogen-bond donors (Lipinski definition) is 4. The summed E-state index contributed by atoms with van der Waals surface area (Å²) < 4.78 is 0. The van der Waals surface area contributed by atoms with Crippen LogP contribution in [0.5, 0.6) is 0 Å². The zero-order valence-electron chi connectivity index (χ0n) is 7.27. The van der Waals surface area contributed by atoms with Crippen LogP contribution in [0.15, 0.2) is 0 Å². The predicted octanol–water partition coefficient (Wildman–Crippen LogP) is -2.37. The summed E-state index contributed by atoms with van der Waals surface area (Å²) in [6.45, 7) is -0.756. The molecule has 4 N–H and O–H groups in total. The summed E-state index contributed by atoms with van der Waals surface area (Å²) in [4.78, 5) is 9.78. The van der Waals surface area contributed by atoms with Gasteiger partial charge in [0.2, 0.25) is 0 Å². The van der Waals surface area contributed by atoms with Crippen LogP contribution >= 0.6 is 0 Å². The van der Waals surface area contributed by atoms with Crippen LogP contribution in [-0.4, -0.2) is 82.9 Å². The molecular formula is C4H10CaO5. The Morgan fingerprint density at radius 2 is 1.90 bits per heavy atom. The van der Waals surface area contributed by atoms with Crippen molar-refractivity contribution in [3.63, 3.8) is 0 Å². The molecule has 0 saturated carbocycles. The molecule has 0 radical (unpaired) electrons. The molecule has 58 valence electrons. The fourth-order valence-corrected chi connectivity index (χ4v) is 0.264. The minimum atomic E-state index is -1.89. The molecule has 2 unspecified atom stereocenters. The first kappa shape index (κ1) is 13.2. The summed E-state index contributed by atoms with van der Waals surface area (Å²) in [6, 6.07) is 0. The number of aliphatic hydroxyl groups excluding tert-OH is 3. The molecule has 0 amide bonds. The first-order chi connectivity index (χ1) is 4.09. The summed E-state index contributed by atoms with van der Waals surface area (Å²) >= 11 is 0. The Labute approximate surface area is 90.3 Å². The third kappa shape index (κ3) is 4.43. The van der Waals surface area contributed by atoms with Crippen molar-refractivity contribution in [3.05, 3.63) is 0 Å². The molecule has 6 heteroatoms. The van der Waals surface area contributed by atoms with Crippen molar-refractivity contribution >= 4 is 43.7 Å². The van der Waals surface area contributed by atoms with Crippen molar-refractivity contribution in [1.82, 2.24) is 0 Å². The molecule has 0 aliphatic rings. The molecule has 0 aliphatic heterocycles. The average molecular weight is 178 g/mol. The van der Waals surface area contributed by atoms with E-state index in [2.05, 4.69) is 0 Å². The van der Waals surface area contributed by atoms with Gasteiger partial charge in [-0.25, -0.2) is 4.79 Å². The Hall–Kier alpha value is 0.610. The zero-order chi connectivity index (χ0) is 7.44. The van der Waals surface area contributed by atoms with Crippen molar-refractivity contribution in [3.8, 4) is 0 Å². The van der Waals surface area contributed by atoms with Crippen LogP contribution in [0.3, 0.4) is 0 Å². The van der Waals surface area contributed by atoms with Gasteiger partial charge in [-0.3, -0.25) is 0 Å². The van der Waals surface area contributed by atoms with Gasteiger partial charge in [-0.1, -0.05) is 0 Å². The summed E-state index contributed by atoms with van der Waals surface area (Å²) in [7, 11) is 0.